The Kier molecular flexibility index (Phi) is 5.95. The molecule has 142 valence electrons. The Hall–Kier alpha value is -1.64. The Bertz CT molecular complexity index is 830. The smallest absolute Gasteiger partial charge is 0.0739 e. The molecular weight excluding hydrogens is 352 g/mol. The molecule has 2 aromatic rings. The van der Waals surface area contributed by atoms with Gasteiger partial charge in [-0.3, -0.25) is 4.98 Å². The third-order valence-electron chi connectivity index (χ3n) is 6.02. The standard InChI is InChI=1S/C24H29ClN2/c1-2-3-4-14-27-15-11-18(12-16-27)23-22-10-9-21(25)17-20(22)8-7-19-6-5-13-26-24(19)23/h5-6,9-10,13,17H,2-4,7-8,11-12,14-16H2,1H3. The number of hydrogen-bond donors (Lipinski definition) is 0. The summed E-state index contributed by atoms with van der Waals surface area (Å²) >= 11 is 6.32. The van der Waals surface area contributed by atoms with Crippen LogP contribution in [0.4, 0.5) is 0 Å². The van der Waals surface area contributed by atoms with E-state index in [9.17, 15) is 0 Å². The summed E-state index contributed by atoms with van der Waals surface area (Å²) in [5.41, 5.74) is 8.26. The molecular formula is C24H29ClN2. The van der Waals surface area contributed by atoms with Crippen molar-refractivity contribution in [3.63, 3.8) is 0 Å². The monoisotopic (exact) mass is 380 g/mol. The molecule has 0 atom stereocenters. The number of nitrogens with zero attached hydrogens (tertiary/aromatic N) is 2. The summed E-state index contributed by atoms with van der Waals surface area (Å²) in [6.07, 6.45) is 10.3. The molecule has 0 saturated carbocycles. The summed E-state index contributed by atoms with van der Waals surface area (Å²) in [5.74, 6) is 0. The van der Waals surface area contributed by atoms with Crippen LogP contribution in [0.5, 0.6) is 0 Å². The highest BCUT2D eigenvalue weighted by molar-refractivity contribution is 6.30. The molecule has 1 saturated heterocycles. The molecule has 1 aromatic heterocycles. The molecule has 3 heteroatoms. The van der Waals surface area contributed by atoms with Gasteiger partial charge in [-0.05, 0) is 73.5 Å². The highest BCUT2D eigenvalue weighted by Gasteiger charge is 2.24. The lowest BCUT2D eigenvalue weighted by atomic mass is 9.88. The second kappa shape index (κ2) is 8.58. The van der Waals surface area contributed by atoms with E-state index in [-0.39, 0.29) is 0 Å². The Morgan fingerprint density at radius 3 is 2.63 bits per heavy atom. The normalized spacial score (nSPS) is 17.4. The largest absolute Gasteiger partial charge is 0.303 e. The summed E-state index contributed by atoms with van der Waals surface area (Å²) in [6, 6.07) is 10.7. The van der Waals surface area contributed by atoms with E-state index in [1.807, 2.05) is 12.3 Å². The number of hydrogen-bond acceptors (Lipinski definition) is 2. The average molecular weight is 381 g/mol. The zero-order chi connectivity index (χ0) is 18.6. The van der Waals surface area contributed by atoms with Crippen molar-refractivity contribution in [3.05, 3.63) is 69.5 Å². The molecule has 0 radical (unpaired) electrons. The molecule has 2 heterocycles. The zero-order valence-electron chi connectivity index (χ0n) is 16.3. The maximum atomic E-state index is 6.32. The van der Waals surface area contributed by atoms with Crippen molar-refractivity contribution in [1.29, 1.82) is 0 Å². The predicted octanol–water partition coefficient (Wildman–Crippen LogP) is 5.92. The van der Waals surface area contributed by atoms with E-state index in [2.05, 4.69) is 36.1 Å². The maximum Gasteiger partial charge on any atom is 0.0739 e. The van der Waals surface area contributed by atoms with Gasteiger partial charge in [0.25, 0.3) is 0 Å². The lowest BCUT2D eigenvalue weighted by molar-refractivity contribution is 0.251. The third kappa shape index (κ3) is 4.12. The van der Waals surface area contributed by atoms with Gasteiger partial charge in [-0.1, -0.05) is 49.1 Å². The number of halogens is 1. The Morgan fingerprint density at radius 2 is 1.81 bits per heavy atom. The van der Waals surface area contributed by atoms with Crippen LogP contribution in [0.2, 0.25) is 5.02 Å². The molecule has 2 nitrogen and oxygen atoms in total. The number of unbranched alkanes of at least 4 members (excludes halogenated alkanes) is 2. The first-order valence-corrected chi connectivity index (χ1v) is 10.8. The molecule has 1 aromatic carbocycles. The Labute approximate surface area is 168 Å². The minimum Gasteiger partial charge on any atom is -0.303 e. The van der Waals surface area contributed by atoms with Gasteiger partial charge in [-0.25, -0.2) is 0 Å². The molecule has 1 fully saturated rings. The Balaban J connectivity index is 1.68. The lowest BCUT2D eigenvalue weighted by Gasteiger charge is -2.30. The number of rotatable bonds is 4. The zero-order valence-corrected chi connectivity index (χ0v) is 17.1. The van der Waals surface area contributed by atoms with Crippen LogP contribution in [0.15, 0.2) is 42.1 Å². The summed E-state index contributed by atoms with van der Waals surface area (Å²) < 4.78 is 0. The molecule has 0 N–H and O–H groups in total. The fourth-order valence-electron chi connectivity index (χ4n) is 4.52. The van der Waals surface area contributed by atoms with Crippen LogP contribution >= 0.6 is 11.6 Å². The fraction of sp³-hybridized carbons (Fsp3) is 0.458. The van der Waals surface area contributed by atoms with Gasteiger partial charge in [-0.15, -0.1) is 0 Å². The molecule has 2 aliphatic rings. The first-order valence-electron chi connectivity index (χ1n) is 10.4. The van der Waals surface area contributed by atoms with Crippen LogP contribution in [0, 0.1) is 0 Å². The second-order valence-corrected chi connectivity index (χ2v) is 8.28. The number of fused-ring (bicyclic) bond motifs is 2. The fourth-order valence-corrected chi connectivity index (χ4v) is 4.71. The van der Waals surface area contributed by atoms with Crippen LogP contribution in [0.1, 0.15) is 61.4 Å². The van der Waals surface area contributed by atoms with Gasteiger partial charge < -0.3 is 4.90 Å². The van der Waals surface area contributed by atoms with E-state index in [1.165, 1.54) is 66.9 Å². The number of pyridine rings is 1. The molecule has 27 heavy (non-hydrogen) atoms. The molecule has 1 aliphatic heterocycles. The van der Waals surface area contributed by atoms with Crippen molar-refractivity contribution in [2.75, 3.05) is 19.6 Å². The predicted molar refractivity (Wildman–Crippen MR) is 114 cm³/mol. The van der Waals surface area contributed by atoms with Crippen molar-refractivity contribution in [2.24, 2.45) is 0 Å². The average Bonchev–Trinajstić information content (AvgIpc) is 2.85. The van der Waals surface area contributed by atoms with Gasteiger partial charge in [0.1, 0.15) is 0 Å². The number of benzene rings is 1. The van der Waals surface area contributed by atoms with Crippen LogP contribution < -0.4 is 0 Å². The summed E-state index contributed by atoms with van der Waals surface area (Å²) in [4.78, 5) is 7.47. The highest BCUT2D eigenvalue weighted by Crippen LogP contribution is 2.38. The van der Waals surface area contributed by atoms with Crippen molar-refractivity contribution < 1.29 is 0 Å². The van der Waals surface area contributed by atoms with E-state index in [4.69, 9.17) is 16.6 Å². The van der Waals surface area contributed by atoms with E-state index < -0.39 is 0 Å². The van der Waals surface area contributed by atoms with Crippen molar-refractivity contribution in [3.8, 4) is 0 Å². The highest BCUT2D eigenvalue weighted by atomic mass is 35.5. The van der Waals surface area contributed by atoms with Gasteiger partial charge in [-0.2, -0.15) is 0 Å². The van der Waals surface area contributed by atoms with E-state index in [1.54, 1.807) is 5.57 Å². The number of aryl methyl sites for hydroxylation is 2. The first kappa shape index (κ1) is 18.7. The van der Waals surface area contributed by atoms with E-state index in [0.717, 1.165) is 30.7 Å². The van der Waals surface area contributed by atoms with Crippen molar-refractivity contribution in [2.45, 2.75) is 51.9 Å². The van der Waals surface area contributed by atoms with Crippen molar-refractivity contribution in [1.82, 2.24) is 9.88 Å². The third-order valence-corrected chi connectivity index (χ3v) is 6.25. The Morgan fingerprint density at radius 1 is 1.00 bits per heavy atom. The van der Waals surface area contributed by atoms with Crippen LogP contribution in [-0.4, -0.2) is 29.5 Å². The van der Waals surface area contributed by atoms with Gasteiger partial charge in [0.05, 0.1) is 5.69 Å². The molecule has 1 aliphatic carbocycles. The molecule has 0 unspecified atom stereocenters. The summed E-state index contributed by atoms with van der Waals surface area (Å²) in [7, 11) is 0. The van der Waals surface area contributed by atoms with E-state index >= 15 is 0 Å². The summed E-state index contributed by atoms with van der Waals surface area (Å²) in [5, 5.41) is 0.836. The molecule has 0 bridgehead atoms. The first-order chi connectivity index (χ1) is 13.3. The van der Waals surface area contributed by atoms with Gasteiger partial charge in [0.2, 0.25) is 0 Å². The number of piperidine rings is 1. The minimum atomic E-state index is 0.836. The second-order valence-electron chi connectivity index (χ2n) is 7.84. The quantitative estimate of drug-likeness (QED) is 0.612. The lowest BCUT2D eigenvalue weighted by Crippen LogP contribution is -2.32. The molecule has 4 rings (SSSR count). The van der Waals surface area contributed by atoms with Crippen LogP contribution in [0.3, 0.4) is 0 Å². The van der Waals surface area contributed by atoms with Crippen LogP contribution in [0.25, 0.3) is 5.57 Å². The molecule has 0 amide bonds. The topological polar surface area (TPSA) is 16.1 Å². The van der Waals surface area contributed by atoms with Crippen molar-refractivity contribution >= 4 is 17.2 Å². The summed E-state index contributed by atoms with van der Waals surface area (Å²) in [6.45, 7) is 5.87. The van der Waals surface area contributed by atoms with Gasteiger partial charge in [0.15, 0.2) is 0 Å². The maximum absolute atomic E-state index is 6.32. The van der Waals surface area contributed by atoms with Gasteiger partial charge in [0, 0.05) is 29.9 Å². The van der Waals surface area contributed by atoms with E-state index in [0.29, 0.717) is 0 Å². The number of likely N-dealkylation sites (tertiary alicyclic amines) is 1. The van der Waals surface area contributed by atoms with Crippen LogP contribution in [-0.2, 0) is 12.8 Å². The SMILES string of the molecule is CCCCCN1CCC(=C2c3ccc(Cl)cc3CCc3cccnc32)CC1. The minimum absolute atomic E-state index is 0.836. The van der Waals surface area contributed by atoms with Gasteiger partial charge >= 0.3 is 0 Å². The number of aromatic nitrogens is 1. The molecule has 0 spiro atoms.